The van der Waals surface area contributed by atoms with Gasteiger partial charge in [0.05, 0.1) is 5.54 Å². The molecule has 4 nitrogen and oxygen atoms in total. The van der Waals surface area contributed by atoms with Crippen molar-refractivity contribution in [2.45, 2.75) is 52.6 Å². The Bertz CT molecular complexity index is 459. The standard InChI is InChI=1S/C17H29N3O.ClH/c1-5-11-17(4,18)16(21)19-15-10-8-9-14(12-15)13-20(6-2)7-3;/h8-10,12H,5-7,11,13,18H2,1-4H3,(H,19,21);1H. The molecule has 0 fully saturated rings. The zero-order valence-electron chi connectivity index (χ0n) is 14.2. The molecule has 0 aliphatic carbocycles. The molecule has 0 heterocycles. The first-order chi connectivity index (χ1) is 9.92. The van der Waals surface area contributed by atoms with E-state index < -0.39 is 5.54 Å². The van der Waals surface area contributed by atoms with Gasteiger partial charge in [-0.05, 0) is 44.1 Å². The highest BCUT2D eigenvalue weighted by molar-refractivity contribution is 5.97. The van der Waals surface area contributed by atoms with Crippen molar-refractivity contribution in [2.75, 3.05) is 18.4 Å². The van der Waals surface area contributed by atoms with Gasteiger partial charge in [0.15, 0.2) is 0 Å². The van der Waals surface area contributed by atoms with Crippen LogP contribution in [0.3, 0.4) is 0 Å². The van der Waals surface area contributed by atoms with Crippen molar-refractivity contribution >= 4 is 24.0 Å². The molecule has 1 aromatic carbocycles. The maximum atomic E-state index is 12.2. The van der Waals surface area contributed by atoms with Crippen LogP contribution in [0.15, 0.2) is 24.3 Å². The second-order valence-electron chi connectivity index (χ2n) is 5.78. The molecule has 0 aromatic heterocycles. The summed E-state index contributed by atoms with van der Waals surface area (Å²) in [5.41, 5.74) is 7.26. The summed E-state index contributed by atoms with van der Waals surface area (Å²) >= 11 is 0. The van der Waals surface area contributed by atoms with Gasteiger partial charge in [-0.15, -0.1) is 12.4 Å². The minimum absolute atomic E-state index is 0. The second kappa shape index (κ2) is 9.82. The minimum atomic E-state index is -0.816. The van der Waals surface area contributed by atoms with Crippen molar-refractivity contribution in [3.05, 3.63) is 29.8 Å². The number of anilines is 1. The first-order valence-electron chi connectivity index (χ1n) is 7.84. The van der Waals surface area contributed by atoms with E-state index >= 15 is 0 Å². The van der Waals surface area contributed by atoms with Crippen LogP contribution >= 0.6 is 12.4 Å². The van der Waals surface area contributed by atoms with Gasteiger partial charge in [-0.25, -0.2) is 0 Å². The van der Waals surface area contributed by atoms with Gasteiger partial charge in [0, 0.05) is 12.2 Å². The van der Waals surface area contributed by atoms with E-state index in [1.54, 1.807) is 6.92 Å². The predicted octanol–water partition coefficient (Wildman–Crippen LogP) is 3.41. The van der Waals surface area contributed by atoms with Crippen molar-refractivity contribution in [1.82, 2.24) is 4.90 Å². The van der Waals surface area contributed by atoms with Crippen LogP contribution < -0.4 is 11.1 Å². The number of hydrogen-bond donors (Lipinski definition) is 2. The molecule has 1 rings (SSSR count). The van der Waals surface area contributed by atoms with Gasteiger partial charge in [0.25, 0.3) is 0 Å². The lowest BCUT2D eigenvalue weighted by molar-refractivity contribution is -0.120. The van der Waals surface area contributed by atoms with Gasteiger partial charge < -0.3 is 11.1 Å². The van der Waals surface area contributed by atoms with E-state index in [0.29, 0.717) is 6.42 Å². The maximum Gasteiger partial charge on any atom is 0.244 e. The van der Waals surface area contributed by atoms with Crippen LogP contribution in [-0.4, -0.2) is 29.4 Å². The number of amides is 1. The van der Waals surface area contributed by atoms with Crippen molar-refractivity contribution in [3.8, 4) is 0 Å². The van der Waals surface area contributed by atoms with Gasteiger partial charge in [-0.2, -0.15) is 0 Å². The highest BCUT2D eigenvalue weighted by Gasteiger charge is 2.27. The fourth-order valence-electron chi connectivity index (χ4n) is 2.36. The van der Waals surface area contributed by atoms with E-state index in [1.165, 1.54) is 5.56 Å². The molecule has 0 saturated heterocycles. The number of hydrogen-bond acceptors (Lipinski definition) is 3. The van der Waals surface area contributed by atoms with E-state index in [1.807, 2.05) is 25.1 Å². The van der Waals surface area contributed by atoms with Crippen LogP contribution in [-0.2, 0) is 11.3 Å². The summed E-state index contributed by atoms with van der Waals surface area (Å²) in [7, 11) is 0. The van der Waals surface area contributed by atoms with Gasteiger partial charge in [0.1, 0.15) is 0 Å². The fourth-order valence-corrected chi connectivity index (χ4v) is 2.36. The van der Waals surface area contributed by atoms with Crippen LogP contribution in [0.5, 0.6) is 0 Å². The second-order valence-corrected chi connectivity index (χ2v) is 5.78. The summed E-state index contributed by atoms with van der Waals surface area (Å²) in [5, 5.41) is 2.93. The Morgan fingerprint density at radius 3 is 2.45 bits per heavy atom. The monoisotopic (exact) mass is 327 g/mol. The smallest absolute Gasteiger partial charge is 0.244 e. The lowest BCUT2D eigenvalue weighted by Crippen LogP contribution is -2.48. The molecule has 22 heavy (non-hydrogen) atoms. The molecule has 1 atom stereocenters. The number of nitrogens with zero attached hydrogens (tertiary/aromatic N) is 1. The molecule has 0 aliphatic heterocycles. The Labute approximate surface area is 140 Å². The molecule has 0 bridgehead atoms. The zero-order valence-corrected chi connectivity index (χ0v) is 15.0. The summed E-state index contributed by atoms with van der Waals surface area (Å²) in [4.78, 5) is 14.6. The molecule has 0 saturated carbocycles. The van der Waals surface area contributed by atoms with Crippen LogP contribution in [0.2, 0.25) is 0 Å². The molecule has 1 aromatic rings. The molecular formula is C17H30ClN3O. The van der Waals surface area contributed by atoms with E-state index in [4.69, 9.17) is 5.73 Å². The van der Waals surface area contributed by atoms with Crippen LogP contribution in [0.4, 0.5) is 5.69 Å². The Hall–Kier alpha value is -1.10. The number of halogens is 1. The first kappa shape index (κ1) is 20.9. The molecule has 3 N–H and O–H groups in total. The van der Waals surface area contributed by atoms with Crippen molar-refractivity contribution in [2.24, 2.45) is 5.73 Å². The van der Waals surface area contributed by atoms with Crippen molar-refractivity contribution in [1.29, 1.82) is 0 Å². The minimum Gasteiger partial charge on any atom is -0.324 e. The molecule has 5 heteroatoms. The lowest BCUT2D eigenvalue weighted by Gasteiger charge is -2.23. The Morgan fingerprint density at radius 1 is 1.27 bits per heavy atom. The Morgan fingerprint density at radius 2 is 1.91 bits per heavy atom. The molecule has 0 aliphatic rings. The third-order valence-corrected chi connectivity index (χ3v) is 3.77. The van der Waals surface area contributed by atoms with Gasteiger partial charge in [-0.1, -0.05) is 39.3 Å². The molecule has 1 amide bonds. The predicted molar refractivity (Wildman–Crippen MR) is 96.4 cm³/mol. The van der Waals surface area contributed by atoms with Gasteiger partial charge >= 0.3 is 0 Å². The molecule has 126 valence electrons. The van der Waals surface area contributed by atoms with Crippen LogP contribution in [0.25, 0.3) is 0 Å². The topological polar surface area (TPSA) is 58.4 Å². The van der Waals surface area contributed by atoms with E-state index in [0.717, 1.165) is 31.7 Å². The zero-order chi connectivity index (χ0) is 15.9. The number of benzene rings is 1. The van der Waals surface area contributed by atoms with E-state index in [-0.39, 0.29) is 18.3 Å². The van der Waals surface area contributed by atoms with Gasteiger partial charge in [-0.3, -0.25) is 9.69 Å². The molecule has 0 radical (unpaired) electrons. The van der Waals surface area contributed by atoms with Gasteiger partial charge in [0.2, 0.25) is 5.91 Å². The first-order valence-corrected chi connectivity index (χ1v) is 7.84. The average Bonchev–Trinajstić information content (AvgIpc) is 2.45. The SMILES string of the molecule is CCCC(C)(N)C(=O)Nc1cccc(CN(CC)CC)c1.Cl. The average molecular weight is 328 g/mol. The number of carbonyl (C=O) groups excluding carboxylic acids is 1. The van der Waals surface area contributed by atoms with Crippen LogP contribution in [0, 0.1) is 0 Å². The summed E-state index contributed by atoms with van der Waals surface area (Å²) in [6.07, 6.45) is 1.57. The van der Waals surface area contributed by atoms with E-state index in [9.17, 15) is 4.79 Å². The quantitative estimate of drug-likeness (QED) is 0.769. The number of rotatable bonds is 8. The lowest BCUT2D eigenvalue weighted by atomic mass is 9.96. The van der Waals surface area contributed by atoms with Crippen molar-refractivity contribution in [3.63, 3.8) is 0 Å². The maximum absolute atomic E-state index is 12.2. The normalized spacial score (nSPS) is 13.4. The summed E-state index contributed by atoms with van der Waals surface area (Å²) < 4.78 is 0. The highest BCUT2D eigenvalue weighted by Crippen LogP contribution is 2.16. The number of nitrogens with two attached hydrogens (primary N) is 1. The summed E-state index contributed by atoms with van der Waals surface area (Å²) in [5.74, 6) is -0.121. The highest BCUT2D eigenvalue weighted by atomic mass is 35.5. The summed E-state index contributed by atoms with van der Waals surface area (Å²) in [6.45, 7) is 11.1. The van der Waals surface area contributed by atoms with Crippen LogP contribution in [0.1, 0.15) is 46.1 Å². The van der Waals surface area contributed by atoms with E-state index in [2.05, 4.69) is 30.1 Å². The molecule has 1 unspecified atom stereocenters. The third-order valence-electron chi connectivity index (χ3n) is 3.77. The Kier molecular flexibility index (Phi) is 9.33. The summed E-state index contributed by atoms with van der Waals surface area (Å²) in [6, 6.07) is 7.99. The molecule has 0 spiro atoms. The fraction of sp³-hybridized carbons (Fsp3) is 0.588. The largest absolute Gasteiger partial charge is 0.324 e. The number of nitrogens with one attached hydrogen (secondary N) is 1. The van der Waals surface area contributed by atoms with Crippen molar-refractivity contribution < 1.29 is 4.79 Å². The third kappa shape index (κ3) is 6.34. The Balaban J connectivity index is 0.00000441. The molecular weight excluding hydrogens is 298 g/mol. The number of carbonyl (C=O) groups is 1.